The summed E-state index contributed by atoms with van der Waals surface area (Å²) in [5.74, 6) is -1.96. The van der Waals surface area contributed by atoms with Gasteiger partial charge in [0.25, 0.3) is 11.6 Å². The Morgan fingerprint density at radius 2 is 2.28 bits per heavy atom. The second kappa shape index (κ2) is 5.67. The summed E-state index contributed by atoms with van der Waals surface area (Å²) in [5.41, 5.74) is -1.53. The van der Waals surface area contributed by atoms with Gasteiger partial charge in [0.2, 0.25) is 0 Å². The first-order valence-corrected chi connectivity index (χ1v) is 5.06. The molecular formula is C9H7ClF2N2O4. The van der Waals surface area contributed by atoms with Crippen molar-refractivity contribution in [1.82, 2.24) is 4.98 Å². The van der Waals surface area contributed by atoms with E-state index in [0.29, 0.717) is 6.07 Å². The molecule has 0 bridgehead atoms. The van der Waals surface area contributed by atoms with Crippen LogP contribution in [0.3, 0.4) is 0 Å². The fraction of sp³-hybridized carbons (Fsp3) is 0.333. The molecule has 0 radical (unpaired) electrons. The fourth-order valence-corrected chi connectivity index (χ4v) is 1.46. The number of esters is 1. The normalized spacial score (nSPS) is 10.5. The third kappa shape index (κ3) is 2.89. The maximum atomic E-state index is 12.7. The van der Waals surface area contributed by atoms with E-state index < -0.39 is 39.4 Å². The lowest BCUT2D eigenvalue weighted by Crippen LogP contribution is -2.11. The van der Waals surface area contributed by atoms with E-state index >= 15 is 0 Å². The fourth-order valence-electron chi connectivity index (χ4n) is 1.19. The van der Waals surface area contributed by atoms with Crippen molar-refractivity contribution in [2.75, 3.05) is 6.61 Å². The van der Waals surface area contributed by atoms with Crippen LogP contribution in [0.5, 0.6) is 0 Å². The molecule has 9 heteroatoms. The highest BCUT2D eigenvalue weighted by Gasteiger charge is 2.29. The van der Waals surface area contributed by atoms with E-state index in [1.165, 1.54) is 6.92 Å². The Bertz CT molecular complexity index is 496. The number of ether oxygens (including phenoxy) is 1. The summed E-state index contributed by atoms with van der Waals surface area (Å²) in [6.07, 6.45) is -3.11. The van der Waals surface area contributed by atoms with E-state index in [2.05, 4.69) is 9.72 Å². The summed E-state index contributed by atoms with van der Waals surface area (Å²) in [6, 6.07) is 0.503. The first-order chi connectivity index (χ1) is 8.38. The number of nitro groups is 1. The molecule has 0 fully saturated rings. The average Bonchev–Trinajstić information content (AvgIpc) is 2.27. The number of alkyl halides is 2. The number of aromatic nitrogens is 1. The highest BCUT2D eigenvalue weighted by molar-refractivity contribution is 6.32. The largest absolute Gasteiger partial charge is 0.462 e. The van der Waals surface area contributed by atoms with Gasteiger partial charge in [0, 0.05) is 11.6 Å². The van der Waals surface area contributed by atoms with Gasteiger partial charge < -0.3 is 14.9 Å². The Kier molecular flexibility index (Phi) is 4.49. The van der Waals surface area contributed by atoms with E-state index in [0.717, 1.165) is 0 Å². The summed E-state index contributed by atoms with van der Waals surface area (Å²) < 4.78 is 30.0. The molecule has 1 aromatic rings. The predicted octanol–water partition coefficient (Wildman–Crippen LogP) is 2.76. The average molecular weight is 281 g/mol. The number of pyridine rings is 1. The lowest BCUT2D eigenvalue weighted by atomic mass is 10.1. The van der Waals surface area contributed by atoms with Gasteiger partial charge >= 0.3 is 11.8 Å². The Hall–Kier alpha value is -1.83. The van der Waals surface area contributed by atoms with Gasteiger partial charge in [0.05, 0.1) is 6.61 Å². The Labute approximate surface area is 105 Å². The first-order valence-electron chi connectivity index (χ1n) is 4.68. The lowest BCUT2D eigenvalue weighted by molar-refractivity contribution is -0.389. The monoisotopic (exact) mass is 280 g/mol. The topological polar surface area (TPSA) is 82.3 Å². The zero-order valence-corrected chi connectivity index (χ0v) is 9.78. The minimum absolute atomic E-state index is 0.0468. The molecule has 1 rings (SSSR count). The number of carbonyl (C=O) groups is 1. The van der Waals surface area contributed by atoms with Crippen LogP contribution in [-0.2, 0) is 4.74 Å². The smallest absolute Gasteiger partial charge is 0.365 e. The maximum absolute atomic E-state index is 12.7. The molecule has 98 valence electrons. The molecule has 0 saturated heterocycles. The molecule has 18 heavy (non-hydrogen) atoms. The number of hydrogen-bond acceptors (Lipinski definition) is 5. The molecule has 0 aliphatic heterocycles. The zero-order chi connectivity index (χ0) is 13.9. The van der Waals surface area contributed by atoms with E-state index in [9.17, 15) is 23.7 Å². The van der Waals surface area contributed by atoms with Crippen LogP contribution in [0.4, 0.5) is 14.6 Å². The van der Waals surface area contributed by atoms with Crippen LogP contribution in [-0.4, -0.2) is 22.5 Å². The van der Waals surface area contributed by atoms with Gasteiger partial charge in [-0.05, 0) is 28.4 Å². The molecule has 6 nitrogen and oxygen atoms in total. The number of rotatable bonds is 4. The van der Waals surface area contributed by atoms with Crippen molar-refractivity contribution in [3.63, 3.8) is 0 Å². The highest BCUT2D eigenvalue weighted by Crippen LogP contribution is 2.30. The van der Waals surface area contributed by atoms with Gasteiger partial charge in [-0.25, -0.2) is 13.6 Å². The zero-order valence-electron chi connectivity index (χ0n) is 9.02. The van der Waals surface area contributed by atoms with Crippen LogP contribution in [0.25, 0.3) is 0 Å². The summed E-state index contributed by atoms with van der Waals surface area (Å²) in [4.78, 5) is 24.2. The van der Waals surface area contributed by atoms with Crippen LogP contribution in [0, 0.1) is 10.1 Å². The molecule has 0 aliphatic carbocycles. The van der Waals surface area contributed by atoms with Crippen LogP contribution < -0.4 is 0 Å². The molecule has 1 aromatic heterocycles. The van der Waals surface area contributed by atoms with Crippen LogP contribution in [0.15, 0.2) is 6.07 Å². The molecule has 0 spiro atoms. The number of carbonyl (C=O) groups excluding carboxylic acids is 1. The number of halogens is 3. The third-order valence-corrected chi connectivity index (χ3v) is 2.17. The first kappa shape index (κ1) is 14.2. The predicted molar refractivity (Wildman–Crippen MR) is 56.8 cm³/mol. The van der Waals surface area contributed by atoms with Crippen molar-refractivity contribution in [1.29, 1.82) is 0 Å². The lowest BCUT2D eigenvalue weighted by Gasteiger charge is -2.07. The standard InChI is InChI=1S/C9H7ClF2N2O4/c1-2-18-9(15)6-4(8(11)12)3-5(14(16)17)13-7(6)10/h3,8H,2H2,1H3. The molecule has 0 atom stereocenters. The van der Waals surface area contributed by atoms with Gasteiger partial charge in [-0.2, -0.15) is 0 Å². The maximum Gasteiger partial charge on any atom is 0.365 e. The van der Waals surface area contributed by atoms with Crippen molar-refractivity contribution in [2.24, 2.45) is 0 Å². The van der Waals surface area contributed by atoms with Crippen molar-refractivity contribution < 1.29 is 23.2 Å². The van der Waals surface area contributed by atoms with Crippen molar-refractivity contribution in [2.45, 2.75) is 13.3 Å². The van der Waals surface area contributed by atoms with E-state index in [1.54, 1.807) is 0 Å². The molecule has 0 aliphatic rings. The minimum atomic E-state index is -3.11. The number of nitrogens with zero attached hydrogens (tertiary/aromatic N) is 2. The number of hydrogen-bond donors (Lipinski definition) is 0. The molecular weight excluding hydrogens is 274 g/mol. The van der Waals surface area contributed by atoms with Gasteiger partial charge in [-0.1, -0.05) is 0 Å². The van der Waals surface area contributed by atoms with E-state index in [4.69, 9.17) is 11.6 Å². The van der Waals surface area contributed by atoms with Gasteiger partial charge in [-0.3, -0.25) is 0 Å². The minimum Gasteiger partial charge on any atom is -0.462 e. The second-order valence-electron chi connectivity index (χ2n) is 3.01. The Morgan fingerprint density at radius 3 is 2.72 bits per heavy atom. The van der Waals surface area contributed by atoms with E-state index in [1.807, 2.05) is 0 Å². The van der Waals surface area contributed by atoms with Crippen molar-refractivity contribution in [3.8, 4) is 0 Å². The quantitative estimate of drug-likeness (QED) is 0.366. The summed E-state index contributed by atoms with van der Waals surface area (Å²) in [5, 5.41) is 9.78. The van der Waals surface area contributed by atoms with Crippen LogP contribution in [0.2, 0.25) is 5.15 Å². The van der Waals surface area contributed by atoms with Crippen LogP contribution in [0.1, 0.15) is 29.3 Å². The highest BCUT2D eigenvalue weighted by atomic mass is 35.5. The van der Waals surface area contributed by atoms with Crippen molar-refractivity contribution in [3.05, 3.63) is 32.5 Å². The molecule has 0 aromatic carbocycles. The van der Waals surface area contributed by atoms with Gasteiger partial charge in [-0.15, -0.1) is 0 Å². The van der Waals surface area contributed by atoms with E-state index in [-0.39, 0.29) is 6.61 Å². The molecule has 0 N–H and O–H groups in total. The molecule has 0 saturated carbocycles. The summed E-state index contributed by atoms with van der Waals surface area (Å²) in [7, 11) is 0. The summed E-state index contributed by atoms with van der Waals surface area (Å²) >= 11 is 5.50. The van der Waals surface area contributed by atoms with Gasteiger partial charge in [0.1, 0.15) is 5.56 Å². The van der Waals surface area contributed by atoms with Crippen molar-refractivity contribution >= 4 is 23.4 Å². The Morgan fingerprint density at radius 1 is 1.67 bits per heavy atom. The molecule has 0 unspecified atom stereocenters. The Balaban J connectivity index is 3.41. The third-order valence-electron chi connectivity index (χ3n) is 1.89. The second-order valence-corrected chi connectivity index (χ2v) is 3.37. The van der Waals surface area contributed by atoms with Gasteiger partial charge in [0.15, 0.2) is 0 Å². The molecule has 0 amide bonds. The molecule has 1 heterocycles. The summed E-state index contributed by atoms with van der Waals surface area (Å²) in [6.45, 7) is 1.43. The van der Waals surface area contributed by atoms with Crippen LogP contribution >= 0.6 is 11.6 Å². The SMILES string of the molecule is CCOC(=O)c1c(C(F)F)cc([N+](=O)[O-])nc1Cl.